The van der Waals surface area contributed by atoms with E-state index in [0.717, 1.165) is 0 Å². The maximum atomic E-state index is 11.9. The van der Waals surface area contributed by atoms with Crippen molar-refractivity contribution in [2.45, 2.75) is 47.1 Å². The second-order valence-corrected chi connectivity index (χ2v) is 5.69. The second-order valence-electron chi connectivity index (χ2n) is 5.69. The molecule has 0 saturated heterocycles. The standard InChI is InChI=1S/C13H21NO/c1-7-8-9(2)14-11(15)10-12(3,4)13(10,5)6/h1,9-10H,8H2,2-6H3,(H,14,15). The van der Waals surface area contributed by atoms with Crippen LogP contribution in [0, 0.1) is 29.1 Å². The van der Waals surface area contributed by atoms with Crippen LogP contribution in [0.25, 0.3) is 0 Å². The lowest BCUT2D eigenvalue weighted by Crippen LogP contribution is -2.34. The number of hydrogen-bond donors (Lipinski definition) is 1. The predicted octanol–water partition coefficient (Wildman–Crippen LogP) is 2.20. The molecule has 0 bridgehead atoms. The molecule has 2 nitrogen and oxygen atoms in total. The molecule has 0 aliphatic heterocycles. The van der Waals surface area contributed by atoms with Gasteiger partial charge < -0.3 is 5.32 Å². The van der Waals surface area contributed by atoms with E-state index in [2.05, 4.69) is 38.9 Å². The van der Waals surface area contributed by atoms with E-state index in [1.165, 1.54) is 0 Å². The highest BCUT2D eigenvalue weighted by Gasteiger charge is 2.68. The third kappa shape index (κ3) is 1.88. The van der Waals surface area contributed by atoms with Gasteiger partial charge >= 0.3 is 0 Å². The molecule has 0 heterocycles. The molecule has 1 atom stereocenters. The molecule has 1 N–H and O–H groups in total. The van der Waals surface area contributed by atoms with Crippen LogP contribution in [0.4, 0.5) is 0 Å². The first-order valence-electron chi connectivity index (χ1n) is 5.49. The summed E-state index contributed by atoms with van der Waals surface area (Å²) in [5, 5.41) is 2.97. The SMILES string of the molecule is C#CCC(C)NC(=O)C1C(C)(C)C1(C)C. The first-order valence-corrected chi connectivity index (χ1v) is 5.49. The summed E-state index contributed by atoms with van der Waals surface area (Å²) in [6.45, 7) is 10.5. The molecule has 1 rings (SSSR count). The van der Waals surface area contributed by atoms with Crippen LogP contribution < -0.4 is 5.32 Å². The molecule has 0 aromatic rings. The normalized spacial score (nSPS) is 24.0. The summed E-state index contributed by atoms with van der Waals surface area (Å²) >= 11 is 0. The van der Waals surface area contributed by atoms with Gasteiger partial charge in [-0.1, -0.05) is 27.7 Å². The van der Waals surface area contributed by atoms with Crippen LogP contribution in [0.15, 0.2) is 0 Å². The Morgan fingerprint density at radius 3 is 2.20 bits per heavy atom. The second kappa shape index (κ2) is 3.56. The van der Waals surface area contributed by atoms with Gasteiger partial charge in [0.05, 0.1) is 0 Å². The summed E-state index contributed by atoms with van der Waals surface area (Å²) in [5.74, 6) is 2.82. The van der Waals surface area contributed by atoms with Gasteiger partial charge in [-0.3, -0.25) is 4.79 Å². The number of amides is 1. The van der Waals surface area contributed by atoms with E-state index in [-0.39, 0.29) is 28.7 Å². The van der Waals surface area contributed by atoms with Crippen LogP contribution in [0.1, 0.15) is 41.0 Å². The molecule has 1 aliphatic carbocycles. The van der Waals surface area contributed by atoms with Gasteiger partial charge in [-0.15, -0.1) is 12.3 Å². The van der Waals surface area contributed by atoms with E-state index in [1.807, 2.05) is 6.92 Å². The number of nitrogens with one attached hydrogen (secondary N) is 1. The Bertz CT molecular complexity index is 295. The molecule has 2 heteroatoms. The Labute approximate surface area is 92.8 Å². The minimum atomic E-state index is 0.0784. The van der Waals surface area contributed by atoms with Gasteiger partial charge in [0.15, 0.2) is 0 Å². The highest BCUT2D eigenvalue weighted by molar-refractivity contribution is 5.84. The van der Waals surface area contributed by atoms with E-state index < -0.39 is 0 Å². The minimum absolute atomic E-state index is 0.0784. The molecule has 0 spiro atoms. The highest BCUT2D eigenvalue weighted by atomic mass is 16.2. The zero-order valence-electron chi connectivity index (χ0n) is 10.3. The number of rotatable bonds is 3. The van der Waals surface area contributed by atoms with E-state index in [1.54, 1.807) is 0 Å². The smallest absolute Gasteiger partial charge is 0.224 e. The van der Waals surface area contributed by atoms with Crippen LogP contribution in [-0.4, -0.2) is 11.9 Å². The molecule has 84 valence electrons. The van der Waals surface area contributed by atoms with Crippen molar-refractivity contribution in [2.75, 3.05) is 0 Å². The highest BCUT2D eigenvalue weighted by Crippen LogP contribution is 2.68. The fourth-order valence-electron chi connectivity index (χ4n) is 2.41. The topological polar surface area (TPSA) is 29.1 Å². The van der Waals surface area contributed by atoms with Crippen molar-refractivity contribution in [3.63, 3.8) is 0 Å². The predicted molar refractivity (Wildman–Crippen MR) is 62.1 cm³/mol. The maximum absolute atomic E-state index is 11.9. The molecular formula is C13H21NO. The average Bonchev–Trinajstić information content (AvgIpc) is 2.42. The number of hydrogen-bond acceptors (Lipinski definition) is 1. The summed E-state index contributed by atoms with van der Waals surface area (Å²) in [6.07, 6.45) is 5.80. The lowest BCUT2D eigenvalue weighted by Gasteiger charge is -2.11. The Kier molecular flexibility index (Phi) is 2.87. The molecule has 1 fully saturated rings. The molecule has 1 aliphatic rings. The van der Waals surface area contributed by atoms with Crippen LogP contribution in [0.3, 0.4) is 0 Å². The van der Waals surface area contributed by atoms with Gasteiger partial charge in [0.2, 0.25) is 5.91 Å². The summed E-state index contributed by atoms with van der Waals surface area (Å²) in [5.41, 5.74) is 0.208. The fraction of sp³-hybridized carbons (Fsp3) is 0.769. The molecule has 1 saturated carbocycles. The van der Waals surface area contributed by atoms with Crippen molar-refractivity contribution in [1.29, 1.82) is 0 Å². The van der Waals surface area contributed by atoms with Crippen molar-refractivity contribution in [1.82, 2.24) is 5.32 Å². The van der Waals surface area contributed by atoms with Gasteiger partial charge in [0.25, 0.3) is 0 Å². The maximum Gasteiger partial charge on any atom is 0.224 e. The first-order chi connectivity index (χ1) is 6.75. The average molecular weight is 207 g/mol. The lowest BCUT2D eigenvalue weighted by molar-refractivity contribution is -0.124. The number of carbonyl (C=O) groups excluding carboxylic acids is 1. The van der Waals surface area contributed by atoms with Gasteiger partial charge in [-0.2, -0.15) is 0 Å². The van der Waals surface area contributed by atoms with Crippen molar-refractivity contribution in [3.05, 3.63) is 0 Å². The summed E-state index contributed by atoms with van der Waals surface area (Å²) in [6, 6.07) is 0.0784. The van der Waals surface area contributed by atoms with Gasteiger partial charge in [0, 0.05) is 18.4 Å². The van der Waals surface area contributed by atoms with Crippen LogP contribution >= 0.6 is 0 Å². The van der Waals surface area contributed by atoms with Crippen molar-refractivity contribution < 1.29 is 4.79 Å². The molecule has 1 unspecified atom stereocenters. The van der Waals surface area contributed by atoms with Gasteiger partial charge in [-0.05, 0) is 17.8 Å². The Hall–Kier alpha value is -0.970. The van der Waals surface area contributed by atoms with Gasteiger partial charge in [0.1, 0.15) is 0 Å². The zero-order chi connectivity index (χ0) is 11.9. The molecule has 0 aromatic carbocycles. The molecule has 0 aromatic heterocycles. The Balaban J connectivity index is 2.56. The molecular weight excluding hydrogens is 186 g/mol. The van der Waals surface area contributed by atoms with Crippen LogP contribution in [-0.2, 0) is 4.79 Å². The van der Waals surface area contributed by atoms with E-state index in [9.17, 15) is 4.79 Å². The van der Waals surface area contributed by atoms with E-state index in [0.29, 0.717) is 6.42 Å². The largest absolute Gasteiger partial charge is 0.352 e. The quantitative estimate of drug-likeness (QED) is 0.706. The first kappa shape index (κ1) is 12.1. The Morgan fingerprint density at radius 1 is 1.40 bits per heavy atom. The summed E-state index contributed by atoms with van der Waals surface area (Å²) in [7, 11) is 0. The molecule has 15 heavy (non-hydrogen) atoms. The summed E-state index contributed by atoms with van der Waals surface area (Å²) < 4.78 is 0. The number of terminal acetylenes is 1. The third-order valence-electron chi connectivity index (χ3n) is 4.10. The minimum Gasteiger partial charge on any atom is -0.352 e. The van der Waals surface area contributed by atoms with Crippen molar-refractivity contribution in [2.24, 2.45) is 16.7 Å². The van der Waals surface area contributed by atoms with E-state index in [4.69, 9.17) is 6.42 Å². The zero-order valence-corrected chi connectivity index (χ0v) is 10.3. The fourth-order valence-corrected chi connectivity index (χ4v) is 2.41. The Morgan fingerprint density at radius 2 is 1.87 bits per heavy atom. The number of carbonyl (C=O) groups is 1. The molecule has 0 radical (unpaired) electrons. The van der Waals surface area contributed by atoms with Crippen LogP contribution in [0.5, 0.6) is 0 Å². The van der Waals surface area contributed by atoms with Crippen molar-refractivity contribution in [3.8, 4) is 12.3 Å². The lowest BCUT2D eigenvalue weighted by atomic mass is 10.0. The van der Waals surface area contributed by atoms with Crippen molar-refractivity contribution >= 4 is 5.91 Å². The summed E-state index contributed by atoms with van der Waals surface area (Å²) in [4.78, 5) is 11.9. The van der Waals surface area contributed by atoms with Crippen LogP contribution in [0.2, 0.25) is 0 Å². The van der Waals surface area contributed by atoms with E-state index >= 15 is 0 Å². The van der Waals surface area contributed by atoms with Gasteiger partial charge in [-0.25, -0.2) is 0 Å². The third-order valence-corrected chi connectivity index (χ3v) is 4.10. The molecule has 1 amide bonds. The monoisotopic (exact) mass is 207 g/mol.